The predicted octanol–water partition coefficient (Wildman–Crippen LogP) is 8.81. The number of aromatic nitrogens is 2. The van der Waals surface area contributed by atoms with E-state index in [-0.39, 0.29) is 23.1 Å². The van der Waals surface area contributed by atoms with E-state index in [1.807, 2.05) is 24.3 Å². The minimum Gasteiger partial charge on any atom is -0.256 e. The Balaban J connectivity index is 1.47. The van der Waals surface area contributed by atoms with Gasteiger partial charge in [-0.1, -0.05) is 30.3 Å². The third kappa shape index (κ3) is 5.16. The van der Waals surface area contributed by atoms with Gasteiger partial charge < -0.3 is 0 Å². The Hall–Kier alpha value is -4.27. The van der Waals surface area contributed by atoms with Gasteiger partial charge in [-0.3, -0.25) is 9.97 Å². The number of hydrogen-bond donors (Lipinski definition) is 0. The van der Waals surface area contributed by atoms with Gasteiger partial charge in [-0.2, -0.15) is 26.3 Å². The average molecular weight is 512 g/mol. The van der Waals surface area contributed by atoms with Crippen LogP contribution in [0.5, 0.6) is 0 Å². The molecule has 0 saturated carbocycles. The summed E-state index contributed by atoms with van der Waals surface area (Å²) in [5.74, 6) is -0.333. The number of fused-ring (bicyclic) bond motifs is 1. The molecule has 3 aromatic carbocycles. The molecule has 0 N–H and O–H groups in total. The topological polar surface area (TPSA) is 25.8 Å². The molecule has 9 heteroatoms. The van der Waals surface area contributed by atoms with Crippen molar-refractivity contribution in [2.75, 3.05) is 0 Å². The molecule has 0 radical (unpaired) electrons. The molecular formula is C28H15F7N2. The van der Waals surface area contributed by atoms with E-state index < -0.39 is 23.5 Å². The first-order valence-electron chi connectivity index (χ1n) is 10.9. The summed E-state index contributed by atoms with van der Waals surface area (Å²) in [5.41, 5.74) is 0.513. The van der Waals surface area contributed by atoms with Crippen LogP contribution in [0.2, 0.25) is 0 Å². The highest BCUT2D eigenvalue weighted by Gasteiger charge is 2.37. The Bertz CT molecular complexity index is 1560. The second-order valence-electron chi connectivity index (χ2n) is 8.37. The number of hydrogen-bond acceptors (Lipinski definition) is 2. The molecule has 0 bridgehead atoms. The van der Waals surface area contributed by atoms with Crippen LogP contribution in [0, 0.1) is 5.82 Å². The van der Waals surface area contributed by atoms with Gasteiger partial charge in [-0.25, -0.2) is 4.39 Å². The van der Waals surface area contributed by atoms with Crippen LogP contribution in [-0.2, 0) is 12.4 Å². The lowest BCUT2D eigenvalue weighted by atomic mass is 10.0. The van der Waals surface area contributed by atoms with Crippen LogP contribution in [0.4, 0.5) is 30.7 Å². The molecule has 0 unspecified atom stereocenters. The van der Waals surface area contributed by atoms with E-state index in [4.69, 9.17) is 0 Å². The van der Waals surface area contributed by atoms with E-state index in [0.717, 1.165) is 16.5 Å². The summed E-state index contributed by atoms with van der Waals surface area (Å²) in [6, 6.07) is 17.8. The zero-order valence-corrected chi connectivity index (χ0v) is 18.7. The maximum absolute atomic E-state index is 13.2. The minimum atomic E-state index is -4.94. The molecule has 0 saturated heterocycles. The van der Waals surface area contributed by atoms with Gasteiger partial charge in [0.15, 0.2) is 0 Å². The second-order valence-corrected chi connectivity index (χ2v) is 8.37. The standard InChI is InChI=1S/C28H15F7N2/c29-24-6-3-16(4-7-24)17-1-2-18-9-21(15-37-26(18)12-17)19-5-8-25(36-14-19)20-10-22(27(30,31)32)13-23(11-20)28(33,34)35/h1-15H. The molecule has 0 amide bonds. The molecule has 0 aliphatic heterocycles. The Kier molecular flexibility index (Phi) is 5.94. The molecule has 0 fully saturated rings. The summed E-state index contributed by atoms with van der Waals surface area (Å²) in [7, 11) is 0. The van der Waals surface area contributed by atoms with Crippen molar-refractivity contribution in [3.05, 3.63) is 108 Å². The molecule has 0 aliphatic carbocycles. The summed E-state index contributed by atoms with van der Waals surface area (Å²) >= 11 is 0. The number of pyridine rings is 2. The van der Waals surface area contributed by atoms with E-state index in [2.05, 4.69) is 9.97 Å². The third-order valence-corrected chi connectivity index (χ3v) is 5.84. The number of halogens is 7. The molecule has 0 spiro atoms. The van der Waals surface area contributed by atoms with Gasteiger partial charge in [0, 0.05) is 34.5 Å². The SMILES string of the molecule is Fc1ccc(-c2ccc3cc(-c4ccc(-c5cc(C(F)(F)F)cc(C(F)(F)F)c5)nc4)cnc3c2)cc1. The molecule has 2 heterocycles. The molecule has 186 valence electrons. The summed E-state index contributed by atoms with van der Waals surface area (Å²) in [4.78, 5) is 8.59. The fourth-order valence-corrected chi connectivity index (χ4v) is 3.94. The lowest BCUT2D eigenvalue weighted by Gasteiger charge is -2.14. The average Bonchev–Trinajstić information content (AvgIpc) is 2.87. The summed E-state index contributed by atoms with van der Waals surface area (Å²) in [6.45, 7) is 0. The molecule has 2 aromatic heterocycles. The van der Waals surface area contributed by atoms with Crippen LogP contribution in [-0.4, -0.2) is 9.97 Å². The van der Waals surface area contributed by atoms with Gasteiger partial charge in [0.25, 0.3) is 0 Å². The van der Waals surface area contributed by atoms with E-state index in [1.165, 1.54) is 24.4 Å². The first kappa shape index (κ1) is 24.4. The molecule has 0 atom stereocenters. The number of rotatable bonds is 3. The van der Waals surface area contributed by atoms with E-state index in [1.54, 1.807) is 24.4 Å². The zero-order chi connectivity index (χ0) is 26.4. The lowest BCUT2D eigenvalue weighted by Crippen LogP contribution is -2.11. The Morgan fingerprint density at radius 1 is 0.486 bits per heavy atom. The number of alkyl halides is 6. The number of nitrogens with zero attached hydrogens (tertiary/aromatic N) is 2. The largest absolute Gasteiger partial charge is 0.416 e. The smallest absolute Gasteiger partial charge is 0.256 e. The Morgan fingerprint density at radius 3 is 1.68 bits per heavy atom. The van der Waals surface area contributed by atoms with Crippen molar-refractivity contribution in [1.29, 1.82) is 0 Å². The molecule has 2 nitrogen and oxygen atoms in total. The van der Waals surface area contributed by atoms with Gasteiger partial charge >= 0.3 is 12.4 Å². The van der Waals surface area contributed by atoms with Crippen molar-refractivity contribution >= 4 is 10.9 Å². The quantitative estimate of drug-likeness (QED) is 0.226. The van der Waals surface area contributed by atoms with Gasteiger partial charge in [-0.15, -0.1) is 0 Å². The van der Waals surface area contributed by atoms with Gasteiger partial charge in [-0.05, 0) is 59.7 Å². The Morgan fingerprint density at radius 2 is 1.08 bits per heavy atom. The highest BCUT2D eigenvalue weighted by atomic mass is 19.4. The highest BCUT2D eigenvalue weighted by Crippen LogP contribution is 2.38. The van der Waals surface area contributed by atoms with Gasteiger partial charge in [0.05, 0.1) is 22.3 Å². The first-order valence-corrected chi connectivity index (χ1v) is 10.9. The fourth-order valence-electron chi connectivity index (χ4n) is 3.94. The molecule has 0 aliphatic rings. The van der Waals surface area contributed by atoms with Crippen LogP contribution in [0.1, 0.15) is 11.1 Å². The van der Waals surface area contributed by atoms with Crippen molar-refractivity contribution < 1.29 is 30.7 Å². The van der Waals surface area contributed by atoms with Crippen molar-refractivity contribution in [3.63, 3.8) is 0 Å². The molecule has 5 aromatic rings. The minimum absolute atomic E-state index is 0.0296. The summed E-state index contributed by atoms with van der Waals surface area (Å²) in [5, 5.41) is 0.806. The maximum Gasteiger partial charge on any atom is 0.416 e. The fraction of sp³-hybridized carbons (Fsp3) is 0.0714. The van der Waals surface area contributed by atoms with Gasteiger partial charge in [0.1, 0.15) is 5.82 Å². The number of benzene rings is 3. The van der Waals surface area contributed by atoms with E-state index in [9.17, 15) is 30.7 Å². The summed E-state index contributed by atoms with van der Waals surface area (Å²) in [6.07, 6.45) is -6.91. The van der Waals surface area contributed by atoms with Crippen molar-refractivity contribution in [2.24, 2.45) is 0 Å². The van der Waals surface area contributed by atoms with Crippen LogP contribution in [0.25, 0.3) is 44.4 Å². The summed E-state index contributed by atoms with van der Waals surface area (Å²) < 4.78 is 92.4. The normalized spacial score (nSPS) is 12.2. The second kappa shape index (κ2) is 8.99. The maximum atomic E-state index is 13.2. The van der Waals surface area contributed by atoms with Crippen LogP contribution < -0.4 is 0 Å². The van der Waals surface area contributed by atoms with Crippen LogP contribution >= 0.6 is 0 Å². The third-order valence-electron chi connectivity index (χ3n) is 5.84. The molecule has 37 heavy (non-hydrogen) atoms. The van der Waals surface area contributed by atoms with Crippen molar-refractivity contribution in [3.8, 4) is 33.5 Å². The van der Waals surface area contributed by atoms with Crippen LogP contribution in [0.3, 0.4) is 0 Å². The molecule has 5 rings (SSSR count). The van der Waals surface area contributed by atoms with E-state index in [0.29, 0.717) is 28.8 Å². The first-order chi connectivity index (χ1) is 17.5. The van der Waals surface area contributed by atoms with Gasteiger partial charge in [0.2, 0.25) is 0 Å². The van der Waals surface area contributed by atoms with Crippen LogP contribution in [0.15, 0.2) is 91.3 Å². The van der Waals surface area contributed by atoms with E-state index >= 15 is 0 Å². The zero-order valence-electron chi connectivity index (χ0n) is 18.7. The predicted molar refractivity (Wildman–Crippen MR) is 126 cm³/mol. The monoisotopic (exact) mass is 512 g/mol. The lowest BCUT2D eigenvalue weighted by molar-refractivity contribution is -0.143. The highest BCUT2D eigenvalue weighted by molar-refractivity contribution is 5.87. The molecular weight excluding hydrogens is 497 g/mol. The van der Waals surface area contributed by atoms with Crippen molar-refractivity contribution in [2.45, 2.75) is 12.4 Å². The van der Waals surface area contributed by atoms with Crippen molar-refractivity contribution in [1.82, 2.24) is 9.97 Å². The Labute approximate surface area is 206 Å².